The molecule has 3 aromatic carbocycles. The van der Waals surface area contributed by atoms with Gasteiger partial charge in [0.15, 0.2) is 11.5 Å². The second-order valence-corrected chi connectivity index (χ2v) is 11.7. The summed E-state index contributed by atoms with van der Waals surface area (Å²) in [5.41, 5.74) is 3.01. The Balaban J connectivity index is 1.31. The third kappa shape index (κ3) is 9.25. The summed E-state index contributed by atoms with van der Waals surface area (Å²) in [4.78, 5) is 37.9. The van der Waals surface area contributed by atoms with E-state index in [1.54, 1.807) is 41.7 Å². The summed E-state index contributed by atoms with van der Waals surface area (Å²) in [7, 11) is 0. The van der Waals surface area contributed by atoms with Gasteiger partial charge in [0.2, 0.25) is 6.79 Å². The molecular weight excluding hydrogens is 576 g/mol. The summed E-state index contributed by atoms with van der Waals surface area (Å²) in [5, 5.41) is 21.0. The summed E-state index contributed by atoms with van der Waals surface area (Å²) in [6, 6.07) is 18.5. The minimum absolute atomic E-state index is 0.105. The van der Waals surface area contributed by atoms with Crippen molar-refractivity contribution in [2.24, 2.45) is 0 Å². The van der Waals surface area contributed by atoms with E-state index in [0.29, 0.717) is 28.5 Å². The lowest BCUT2D eigenvalue weighted by Gasteiger charge is -2.22. The molecule has 0 radical (unpaired) electrons. The Bertz CT molecular complexity index is 1390. The van der Waals surface area contributed by atoms with Crippen LogP contribution < -0.4 is 30.7 Å². The van der Waals surface area contributed by atoms with Gasteiger partial charge in [-0.15, -0.1) is 11.8 Å². The number of aliphatic carboxylic acids is 1. The van der Waals surface area contributed by atoms with E-state index in [0.717, 1.165) is 28.3 Å². The molecule has 0 bridgehead atoms. The molecule has 2 atom stereocenters. The normalized spacial score (nSPS) is 13.1. The van der Waals surface area contributed by atoms with Crippen molar-refractivity contribution < 1.29 is 29.0 Å². The number of aryl methyl sites for hydroxylation is 1. The maximum absolute atomic E-state index is 13.0. The first kappa shape index (κ1) is 30.9. The quantitative estimate of drug-likeness (QED) is 0.147. The first-order valence-electron chi connectivity index (χ1n) is 13.3. The third-order valence-corrected chi connectivity index (χ3v) is 8.26. The van der Waals surface area contributed by atoms with Gasteiger partial charge < -0.3 is 35.8 Å². The zero-order chi connectivity index (χ0) is 29.9. The van der Waals surface area contributed by atoms with E-state index < -0.39 is 18.0 Å². The lowest BCUT2D eigenvalue weighted by Crippen LogP contribution is -2.45. The van der Waals surface area contributed by atoms with E-state index in [9.17, 15) is 19.5 Å². The number of urea groups is 2. The van der Waals surface area contributed by atoms with Crippen LogP contribution in [-0.4, -0.2) is 53.7 Å². The van der Waals surface area contributed by atoms with E-state index in [1.165, 1.54) is 0 Å². The minimum Gasteiger partial charge on any atom is -0.481 e. The number of ether oxygens (including phenoxy) is 2. The van der Waals surface area contributed by atoms with Crippen LogP contribution in [0.2, 0.25) is 0 Å². The Morgan fingerprint density at radius 3 is 2.43 bits per heavy atom. The number of hydrogen-bond donors (Lipinski definition) is 5. The average Bonchev–Trinajstić information content (AvgIpc) is 3.44. The van der Waals surface area contributed by atoms with E-state index in [-0.39, 0.29) is 25.3 Å². The van der Waals surface area contributed by atoms with Gasteiger partial charge in [0.25, 0.3) is 0 Å². The molecule has 1 heterocycles. The van der Waals surface area contributed by atoms with Gasteiger partial charge in [-0.2, -0.15) is 11.8 Å². The lowest BCUT2D eigenvalue weighted by atomic mass is 10.0. The molecule has 1 aliphatic heterocycles. The smallest absolute Gasteiger partial charge is 0.323 e. The molecule has 4 amide bonds. The molecule has 10 nitrogen and oxygen atoms in total. The van der Waals surface area contributed by atoms with Crippen molar-refractivity contribution in [2.75, 3.05) is 35.2 Å². The number of thioether (sulfide) groups is 2. The highest BCUT2D eigenvalue weighted by atomic mass is 32.2. The number of rotatable bonds is 13. The maximum Gasteiger partial charge on any atom is 0.323 e. The number of carboxylic acids is 1. The van der Waals surface area contributed by atoms with Crippen LogP contribution in [0.4, 0.5) is 21.0 Å². The van der Waals surface area contributed by atoms with Gasteiger partial charge >= 0.3 is 18.0 Å². The minimum atomic E-state index is -1.03. The van der Waals surface area contributed by atoms with Crippen molar-refractivity contribution in [2.45, 2.75) is 36.7 Å². The molecule has 5 N–H and O–H groups in total. The standard InChI is InChI=1S/C30H34N4O6S2/c1-19-5-3-4-6-24(19)33-29(37)31-21-8-10-23(11-9-21)42-17-22(13-14-41-2)32-30(38)34-25(16-28(35)36)20-7-12-26-27(15-20)40-18-39-26/h3-12,15,22,25H,13-14,16-18H2,1-2H3,(H,35,36)(H2,31,33,37)(H2,32,34,38)/t22-,25-/m0/s1. The Kier molecular flexibility index (Phi) is 11.2. The van der Waals surface area contributed by atoms with E-state index >= 15 is 0 Å². The number of benzene rings is 3. The van der Waals surface area contributed by atoms with Crippen molar-refractivity contribution in [3.63, 3.8) is 0 Å². The average molecular weight is 611 g/mol. The van der Waals surface area contributed by atoms with Crippen LogP contribution in [0.25, 0.3) is 0 Å². The molecule has 0 saturated carbocycles. The van der Waals surface area contributed by atoms with Crippen LogP contribution in [0.1, 0.15) is 30.0 Å². The Morgan fingerprint density at radius 2 is 1.69 bits per heavy atom. The molecule has 3 aromatic rings. The highest BCUT2D eigenvalue weighted by molar-refractivity contribution is 7.99. The van der Waals surface area contributed by atoms with Crippen molar-refractivity contribution in [1.82, 2.24) is 10.6 Å². The van der Waals surface area contributed by atoms with Gasteiger partial charge in [0, 0.05) is 28.1 Å². The lowest BCUT2D eigenvalue weighted by molar-refractivity contribution is -0.137. The second-order valence-electron chi connectivity index (χ2n) is 9.59. The molecule has 0 fully saturated rings. The number of anilines is 2. The summed E-state index contributed by atoms with van der Waals surface area (Å²) >= 11 is 3.28. The molecule has 222 valence electrons. The maximum atomic E-state index is 13.0. The molecule has 0 unspecified atom stereocenters. The topological polar surface area (TPSA) is 138 Å². The molecule has 42 heavy (non-hydrogen) atoms. The highest BCUT2D eigenvalue weighted by Crippen LogP contribution is 2.35. The predicted octanol–water partition coefficient (Wildman–Crippen LogP) is 6.10. The molecule has 0 aromatic heterocycles. The zero-order valence-electron chi connectivity index (χ0n) is 23.3. The fourth-order valence-electron chi connectivity index (χ4n) is 4.23. The predicted molar refractivity (Wildman–Crippen MR) is 167 cm³/mol. The fourth-order valence-corrected chi connectivity index (χ4v) is 5.72. The summed E-state index contributed by atoms with van der Waals surface area (Å²) in [5.74, 6) is 1.54. The number of carbonyl (C=O) groups excluding carboxylic acids is 2. The summed E-state index contributed by atoms with van der Waals surface area (Å²) < 4.78 is 10.7. The molecule has 0 spiro atoms. The number of amides is 4. The SMILES string of the molecule is CSCC[C@@H](CSc1ccc(NC(=O)Nc2ccccc2C)cc1)NC(=O)N[C@@H](CC(=O)O)c1ccc2c(c1)OCO2. The summed E-state index contributed by atoms with van der Waals surface area (Å²) in [6.45, 7) is 2.04. The largest absolute Gasteiger partial charge is 0.481 e. The molecule has 4 rings (SSSR count). The molecular formula is C30H34N4O6S2. The number of para-hydroxylation sites is 1. The highest BCUT2D eigenvalue weighted by Gasteiger charge is 2.23. The molecule has 12 heteroatoms. The monoisotopic (exact) mass is 610 g/mol. The van der Waals surface area contributed by atoms with Crippen LogP contribution in [0.5, 0.6) is 11.5 Å². The molecule has 0 aliphatic carbocycles. The van der Waals surface area contributed by atoms with E-state index in [4.69, 9.17) is 9.47 Å². The van der Waals surface area contributed by atoms with Crippen molar-refractivity contribution in [3.05, 3.63) is 77.9 Å². The van der Waals surface area contributed by atoms with Gasteiger partial charge in [-0.1, -0.05) is 24.3 Å². The van der Waals surface area contributed by atoms with Gasteiger partial charge in [0.1, 0.15) is 0 Å². The van der Waals surface area contributed by atoms with Crippen molar-refractivity contribution >= 4 is 52.9 Å². The third-order valence-electron chi connectivity index (χ3n) is 6.45. The van der Waals surface area contributed by atoms with E-state index in [1.807, 2.05) is 61.7 Å². The van der Waals surface area contributed by atoms with Crippen LogP contribution >= 0.6 is 23.5 Å². The summed E-state index contributed by atoms with van der Waals surface area (Å²) in [6.07, 6.45) is 2.47. The second kappa shape index (κ2) is 15.3. The number of carbonyl (C=O) groups is 3. The van der Waals surface area contributed by atoms with E-state index in [2.05, 4.69) is 21.3 Å². The molecule has 1 aliphatic rings. The number of fused-ring (bicyclic) bond motifs is 1. The van der Waals surface area contributed by atoms with Crippen molar-refractivity contribution in [3.8, 4) is 11.5 Å². The first-order valence-corrected chi connectivity index (χ1v) is 15.7. The van der Waals surface area contributed by atoms with Crippen LogP contribution in [0, 0.1) is 6.92 Å². The number of hydrogen-bond acceptors (Lipinski definition) is 7. The molecule has 0 saturated heterocycles. The van der Waals surface area contributed by atoms with Gasteiger partial charge in [-0.25, -0.2) is 9.59 Å². The zero-order valence-corrected chi connectivity index (χ0v) is 25.0. The van der Waals surface area contributed by atoms with Crippen molar-refractivity contribution in [1.29, 1.82) is 0 Å². The fraction of sp³-hybridized carbons (Fsp3) is 0.300. The Morgan fingerprint density at radius 1 is 0.929 bits per heavy atom. The number of carboxylic acid groups (broad SMARTS) is 1. The number of nitrogens with one attached hydrogen (secondary N) is 4. The van der Waals surface area contributed by atoms with Gasteiger partial charge in [-0.3, -0.25) is 4.79 Å². The van der Waals surface area contributed by atoms with Gasteiger partial charge in [-0.05, 0) is 78.9 Å². The van der Waals surface area contributed by atoms with Crippen LogP contribution in [0.3, 0.4) is 0 Å². The Labute approximate surface area is 253 Å². The van der Waals surface area contributed by atoms with Gasteiger partial charge in [0.05, 0.1) is 12.5 Å². The van der Waals surface area contributed by atoms with Crippen LogP contribution in [0.15, 0.2) is 71.6 Å². The van der Waals surface area contributed by atoms with Crippen LogP contribution in [-0.2, 0) is 4.79 Å². The Hall–Kier alpha value is -4.03. The first-order chi connectivity index (χ1) is 20.3.